The molecule has 11 heavy (non-hydrogen) atoms. The molecular weight excluding hydrogens is 257 g/mol. The highest BCUT2D eigenvalue weighted by Crippen LogP contribution is 2.30. The standard InChI is InChI=1S/C4H5Cl5O2/c5-2(6)1-11-3(10)4(7,8)9/h2-3,10H,1H2. The van der Waals surface area contributed by atoms with E-state index in [0.717, 1.165) is 0 Å². The van der Waals surface area contributed by atoms with E-state index >= 15 is 0 Å². The van der Waals surface area contributed by atoms with E-state index in [1.165, 1.54) is 0 Å². The van der Waals surface area contributed by atoms with Gasteiger partial charge >= 0.3 is 0 Å². The third-order valence-electron chi connectivity index (χ3n) is 0.660. The zero-order chi connectivity index (χ0) is 9.07. The molecule has 0 bridgehead atoms. The first-order chi connectivity index (χ1) is 4.84. The van der Waals surface area contributed by atoms with E-state index in [4.69, 9.17) is 63.1 Å². The minimum atomic E-state index is -1.87. The number of ether oxygens (including phenoxy) is 1. The molecule has 0 aromatic carbocycles. The Morgan fingerprint density at radius 1 is 1.27 bits per heavy atom. The fourth-order valence-corrected chi connectivity index (χ4v) is 0.593. The van der Waals surface area contributed by atoms with Crippen molar-refractivity contribution in [2.75, 3.05) is 6.61 Å². The first kappa shape index (κ1) is 12.4. The summed E-state index contributed by atoms with van der Waals surface area (Å²) >= 11 is 26.3. The topological polar surface area (TPSA) is 29.5 Å². The lowest BCUT2D eigenvalue weighted by Gasteiger charge is -2.18. The van der Waals surface area contributed by atoms with Crippen molar-refractivity contribution >= 4 is 58.0 Å². The summed E-state index contributed by atoms with van der Waals surface area (Å²) in [6, 6.07) is 0. The van der Waals surface area contributed by atoms with E-state index in [0.29, 0.717) is 0 Å². The summed E-state index contributed by atoms with van der Waals surface area (Å²) in [5, 5.41) is 8.90. The summed E-state index contributed by atoms with van der Waals surface area (Å²) in [6.45, 7) is -0.0990. The van der Waals surface area contributed by atoms with Crippen molar-refractivity contribution in [3.05, 3.63) is 0 Å². The van der Waals surface area contributed by atoms with Gasteiger partial charge in [0.2, 0.25) is 10.1 Å². The molecule has 1 atom stereocenters. The van der Waals surface area contributed by atoms with Gasteiger partial charge in [0.05, 0.1) is 6.61 Å². The number of halogens is 5. The van der Waals surface area contributed by atoms with E-state index in [9.17, 15) is 0 Å². The van der Waals surface area contributed by atoms with Gasteiger partial charge in [0.25, 0.3) is 0 Å². The second-order valence-corrected chi connectivity index (χ2v) is 5.26. The van der Waals surface area contributed by atoms with Crippen LogP contribution in [0.3, 0.4) is 0 Å². The van der Waals surface area contributed by atoms with Gasteiger partial charge in [0.1, 0.15) is 4.84 Å². The number of hydrogen-bond donors (Lipinski definition) is 1. The van der Waals surface area contributed by atoms with Crippen LogP contribution in [0.2, 0.25) is 0 Å². The molecule has 0 aromatic rings. The second-order valence-electron chi connectivity index (χ2n) is 1.62. The van der Waals surface area contributed by atoms with Crippen LogP contribution in [0.1, 0.15) is 0 Å². The molecule has 0 amide bonds. The fraction of sp³-hybridized carbons (Fsp3) is 1.00. The largest absolute Gasteiger partial charge is 0.365 e. The average molecular weight is 262 g/mol. The van der Waals surface area contributed by atoms with Crippen LogP contribution in [0.25, 0.3) is 0 Å². The third kappa shape index (κ3) is 6.52. The monoisotopic (exact) mass is 260 g/mol. The van der Waals surface area contributed by atoms with Gasteiger partial charge in [-0.05, 0) is 0 Å². The number of aliphatic hydroxyl groups is 1. The zero-order valence-corrected chi connectivity index (χ0v) is 8.89. The van der Waals surface area contributed by atoms with Gasteiger partial charge < -0.3 is 9.84 Å². The lowest BCUT2D eigenvalue weighted by Crippen LogP contribution is -2.29. The summed E-state index contributed by atoms with van der Waals surface area (Å²) in [6.07, 6.45) is -1.52. The van der Waals surface area contributed by atoms with Crippen LogP contribution in [0.15, 0.2) is 0 Å². The van der Waals surface area contributed by atoms with Crippen molar-refractivity contribution < 1.29 is 9.84 Å². The molecule has 0 aliphatic heterocycles. The van der Waals surface area contributed by atoms with Gasteiger partial charge in [-0.3, -0.25) is 0 Å². The SMILES string of the molecule is OC(OCC(Cl)Cl)C(Cl)(Cl)Cl. The van der Waals surface area contributed by atoms with Crippen molar-refractivity contribution in [3.8, 4) is 0 Å². The summed E-state index contributed by atoms with van der Waals surface area (Å²) in [4.78, 5) is -0.753. The molecule has 0 saturated heterocycles. The summed E-state index contributed by atoms with van der Waals surface area (Å²) in [5.74, 6) is 0. The van der Waals surface area contributed by atoms with Gasteiger partial charge in [-0.2, -0.15) is 0 Å². The first-order valence-corrected chi connectivity index (χ1v) is 4.49. The highest BCUT2D eigenvalue weighted by Gasteiger charge is 2.31. The van der Waals surface area contributed by atoms with E-state index < -0.39 is 14.9 Å². The molecule has 68 valence electrons. The minimum absolute atomic E-state index is 0.0990. The van der Waals surface area contributed by atoms with Crippen molar-refractivity contribution in [1.29, 1.82) is 0 Å². The van der Waals surface area contributed by atoms with Crippen molar-refractivity contribution in [2.45, 2.75) is 14.9 Å². The fourth-order valence-electron chi connectivity index (χ4n) is 0.258. The Bertz CT molecular complexity index is 112. The van der Waals surface area contributed by atoms with E-state index in [2.05, 4.69) is 4.74 Å². The Hall–Kier alpha value is 1.37. The predicted molar refractivity (Wildman–Crippen MR) is 47.7 cm³/mol. The van der Waals surface area contributed by atoms with Gasteiger partial charge in [-0.15, -0.1) is 23.2 Å². The molecule has 0 heterocycles. The molecular formula is C4H5Cl5O2. The second kappa shape index (κ2) is 5.18. The third-order valence-corrected chi connectivity index (χ3v) is 1.47. The molecule has 0 fully saturated rings. The minimum Gasteiger partial charge on any atom is -0.365 e. The Morgan fingerprint density at radius 3 is 2.00 bits per heavy atom. The van der Waals surface area contributed by atoms with Gasteiger partial charge in [0.15, 0.2) is 0 Å². The molecule has 2 nitrogen and oxygen atoms in total. The molecule has 0 spiro atoms. The van der Waals surface area contributed by atoms with E-state index in [1.54, 1.807) is 0 Å². The smallest absolute Gasteiger partial charge is 0.240 e. The Kier molecular flexibility index (Phi) is 5.82. The molecule has 0 saturated carbocycles. The molecule has 0 aliphatic carbocycles. The van der Waals surface area contributed by atoms with Gasteiger partial charge in [-0.25, -0.2) is 0 Å². The number of alkyl halides is 5. The zero-order valence-electron chi connectivity index (χ0n) is 5.11. The lowest BCUT2D eigenvalue weighted by molar-refractivity contribution is -0.0916. The summed E-state index contributed by atoms with van der Waals surface area (Å²) < 4.78 is 2.69. The van der Waals surface area contributed by atoms with E-state index in [1.807, 2.05) is 0 Å². The first-order valence-electron chi connectivity index (χ1n) is 2.48. The van der Waals surface area contributed by atoms with Crippen molar-refractivity contribution in [2.24, 2.45) is 0 Å². The van der Waals surface area contributed by atoms with Gasteiger partial charge in [-0.1, -0.05) is 34.8 Å². The quantitative estimate of drug-likeness (QED) is 0.625. The number of hydrogen-bond acceptors (Lipinski definition) is 2. The summed E-state index contributed by atoms with van der Waals surface area (Å²) in [5.41, 5.74) is 0. The van der Waals surface area contributed by atoms with Crippen molar-refractivity contribution in [1.82, 2.24) is 0 Å². The molecule has 0 aliphatic rings. The lowest BCUT2D eigenvalue weighted by atomic mass is 10.7. The maximum absolute atomic E-state index is 8.90. The van der Waals surface area contributed by atoms with Crippen LogP contribution < -0.4 is 0 Å². The molecule has 0 radical (unpaired) electrons. The number of rotatable bonds is 3. The Morgan fingerprint density at radius 2 is 1.73 bits per heavy atom. The van der Waals surface area contributed by atoms with E-state index in [-0.39, 0.29) is 6.61 Å². The van der Waals surface area contributed by atoms with Crippen LogP contribution in [-0.2, 0) is 4.74 Å². The maximum atomic E-state index is 8.90. The van der Waals surface area contributed by atoms with Crippen LogP contribution >= 0.6 is 58.0 Å². The highest BCUT2D eigenvalue weighted by molar-refractivity contribution is 6.67. The Labute approximate surface area is 89.3 Å². The maximum Gasteiger partial charge on any atom is 0.240 e. The molecule has 1 unspecified atom stereocenters. The molecule has 7 heteroatoms. The van der Waals surface area contributed by atoms with Crippen LogP contribution in [-0.4, -0.2) is 26.6 Å². The Balaban J connectivity index is 3.61. The van der Waals surface area contributed by atoms with Crippen LogP contribution in [0.5, 0.6) is 0 Å². The average Bonchev–Trinajstić information content (AvgIpc) is 1.80. The normalized spacial score (nSPS) is 15.5. The van der Waals surface area contributed by atoms with Crippen LogP contribution in [0.4, 0.5) is 0 Å². The van der Waals surface area contributed by atoms with Crippen LogP contribution in [0, 0.1) is 0 Å². The summed E-state index contributed by atoms with van der Waals surface area (Å²) in [7, 11) is 0. The van der Waals surface area contributed by atoms with Gasteiger partial charge in [0, 0.05) is 0 Å². The van der Waals surface area contributed by atoms with Crippen molar-refractivity contribution in [3.63, 3.8) is 0 Å². The number of aliphatic hydroxyl groups excluding tert-OH is 1. The predicted octanol–water partition coefficient (Wildman–Crippen LogP) is 2.50. The highest BCUT2D eigenvalue weighted by atomic mass is 35.6. The molecule has 0 aromatic heterocycles. The molecule has 0 rings (SSSR count). The molecule has 1 N–H and O–H groups in total.